The summed E-state index contributed by atoms with van der Waals surface area (Å²) in [6, 6.07) is 11.7. The molecule has 2 aromatic heterocycles. The molecule has 0 aliphatic carbocycles. The lowest BCUT2D eigenvalue weighted by atomic mass is 10.0. The van der Waals surface area contributed by atoms with Crippen molar-refractivity contribution in [2.24, 2.45) is 0 Å². The van der Waals surface area contributed by atoms with Gasteiger partial charge in [0.05, 0.1) is 26.0 Å². The van der Waals surface area contributed by atoms with E-state index in [9.17, 15) is 33.8 Å². The Labute approximate surface area is 225 Å². The Bertz CT molecular complexity index is 1590. The van der Waals surface area contributed by atoms with Gasteiger partial charge in [-0.2, -0.15) is 4.31 Å². The van der Waals surface area contributed by atoms with E-state index in [0.29, 0.717) is 11.4 Å². The molecule has 3 unspecified atom stereocenters. The fraction of sp³-hybridized carbons (Fsp3) is 0.318. The van der Waals surface area contributed by atoms with Crippen molar-refractivity contribution in [2.45, 2.75) is 31.1 Å². The number of pyridine rings is 1. The highest BCUT2D eigenvalue weighted by atomic mass is 31.3. The third-order valence-electron chi connectivity index (χ3n) is 5.87. The van der Waals surface area contributed by atoms with E-state index >= 15 is 0 Å². The molecule has 0 saturated carbocycles. The first kappa shape index (κ1) is 30.0. The lowest BCUT2D eigenvalue weighted by Gasteiger charge is -2.19. The Kier molecular flexibility index (Phi) is 8.87. The number of para-hydroxylation sites is 1. The van der Waals surface area contributed by atoms with Gasteiger partial charge in [0.25, 0.3) is 5.56 Å². The molecular formula is C22H25N3O13P2. The molecule has 16 nitrogen and oxygen atoms in total. The molecule has 0 amide bonds. The lowest BCUT2D eigenvalue weighted by Crippen LogP contribution is -2.43. The van der Waals surface area contributed by atoms with Gasteiger partial charge in [0.1, 0.15) is 24.1 Å². The third kappa shape index (κ3) is 6.82. The van der Waals surface area contributed by atoms with Crippen molar-refractivity contribution in [1.82, 2.24) is 14.1 Å². The standard InChI is InChI=1S/C22H25N3O13P2/c1-35-16-5-3-2-4-15(16)13-6-8-23-14(10-13)11-25-18(26)7-9-24(22(25)29)21-20(28)19(27)17(37-21)12-36-40(33,34)38-39(30,31)32/h2-10,17,19-21,27-28H,11-12H2,1H3,(H,33,34)(H2,30,31,32)/t17-,19?,20?,21-/m1/s1. The molecule has 1 aromatic carbocycles. The SMILES string of the molecule is COc1ccccc1-c1ccnc(Cn2c(=O)ccn([C@@H]3O[C@H](COP(=O)(O)OP(=O)(O)O)C(O)C3O)c2=O)c1. The zero-order chi connectivity index (χ0) is 29.2. The van der Waals surface area contributed by atoms with Gasteiger partial charge in [-0.1, -0.05) is 18.2 Å². The normalized spacial score (nSPS) is 22.6. The van der Waals surface area contributed by atoms with Crippen LogP contribution in [0.5, 0.6) is 5.75 Å². The quantitative estimate of drug-likeness (QED) is 0.192. The van der Waals surface area contributed by atoms with Crippen molar-refractivity contribution in [3.63, 3.8) is 0 Å². The zero-order valence-corrected chi connectivity index (χ0v) is 22.4. The fourth-order valence-electron chi connectivity index (χ4n) is 4.07. The number of hydrogen-bond donors (Lipinski definition) is 5. The van der Waals surface area contributed by atoms with Crippen LogP contribution in [0.15, 0.2) is 64.4 Å². The molecular weight excluding hydrogens is 576 g/mol. The van der Waals surface area contributed by atoms with Gasteiger partial charge < -0.3 is 34.4 Å². The Hall–Kier alpha value is -3.01. The largest absolute Gasteiger partial charge is 0.496 e. The number of benzene rings is 1. The van der Waals surface area contributed by atoms with Crippen molar-refractivity contribution >= 4 is 15.6 Å². The Morgan fingerprint density at radius 3 is 2.48 bits per heavy atom. The van der Waals surface area contributed by atoms with Crippen LogP contribution in [-0.2, 0) is 29.2 Å². The number of hydrogen-bond acceptors (Lipinski definition) is 11. The summed E-state index contributed by atoms with van der Waals surface area (Å²) in [5, 5.41) is 20.8. The van der Waals surface area contributed by atoms with Gasteiger partial charge >= 0.3 is 21.3 Å². The summed E-state index contributed by atoms with van der Waals surface area (Å²) in [4.78, 5) is 56.9. The predicted octanol–water partition coefficient (Wildman–Crippen LogP) is -0.0256. The summed E-state index contributed by atoms with van der Waals surface area (Å²) in [5.74, 6) is 0.606. The molecule has 4 rings (SSSR count). The molecule has 1 fully saturated rings. The molecule has 0 radical (unpaired) electrons. The Balaban J connectivity index is 1.56. The number of phosphoric acid groups is 2. The van der Waals surface area contributed by atoms with Gasteiger partial charge in [0.2, 0.25) is 0 Å². The molecule has 5 atom stereocenters. The first-order chi connectivity index (χ1) is 18.8. The highest BCUT2D eigenvalue weighted by Gasteiger charge is 2.46. The van der Waals surface area contributed by atoms with Crippen LogP contribution in [0, 0.1) is 0 Å². The van der Waals surface area contributed by atoms with E-state index in [0.717, 1.165) is 32.5 Å². The molecule has 1 aliphatic heterocycles. The summed E-state index contributed by atoms with van der Waals surface area (Å²) in [6.45, 7) is -1.20. The molecule has 5 N–H and O–H groups in total. The van der Waals surface area contributed by atoms with Crippen molar-refractivity contribution in [3.8, 4) is 16.9 Å². The van der Waals surface area contributed by atoms with Gasteiger partial charge in [0.15, 0.2) is 6.23 Å². The van der Waals surface area contributed by atoms with Gasteiger partial charge in [-0.25, -0.2) is 13.9 Å². The first-order valence-corrected chi connectivity index (χ1v) is 14.5. The smallest absolute Gasteiger partial charge is 0.481 e. The maximum atomic E-state index is 13.3. The minimum atomic E-state index is -5.39. The maximum Gasteiger partial charge on any atom is 0.481 e. The fourth-order valence-corrected chi connectivity index (χ4v) is 5.67. The number of aliphatic hydroxyl groups is 2. The highest BCUT2D eigenvalue weighted by Crippen LogP contribution is 2.57. The number of methoxy groups -OCH3 is 1. The van der Waals surface area contributed by atoms with E-state index in [4.69, 9.17) is 19.3 Å². The van der Waals surface area contributed by atoms with Gasteiger partial charge in [-0.15, -0.1) is 0 Å². The van der Waals surface area contributed by atoms with Crippen LogP contribution in [0.2, 0.25) is 0 Å². The molecule has 0 spiro atoms. The summed E-state index contributed by atoms with van der Waals surface area (Å²) in [6.07, 6.45) is -4.05. The number of rotatable bonds is 10. The second-order valence-electron chi connectivity index (χ2n) is 8.55. The van der Waals surface area contributed by atoms with Crippen LogP contribution < -0.4 is 16.0 Å². The number of phosphoric ester groups is 1. The summed E-state index contributed by atoms with van der Waals surface area (Å²) in [7, 11) is -9.12. The van der Waals surface area contributed by atoms with Crippen molar-refractivity contribution in [2.75, 3.05) is 13.7 Å². The third-order valence-corrected chi connectivity index (χ3v) is 8.02. The topological polar surface area (TPSA) is 229 Å². The zero-order valence-electron chi connectivity index (χ0n) is 20.7. The van der Waals surface area contributed by atoms with Gasteiger partial charge in [-0.3, -0.25) is 23.4 Å². The molecule has 40 heavy (non-hydrogen) atoms. The van der Waals surface area contributed by atoms with Gasteiger partial charge in [-0.05, 0) is 23.8 Å². The van der Waals surface area contributed by atoms with Crippen LogP contribution in [0.1, 0.15) is 11.9 Å². The predicted molar refractivity (Wildman–Crippen MR) is 135 cm³/mol. The summed E-state index contributed by atoms with van der Waals surface area (Å²) >= 11 is 0. The van der Waals surface area contributed by atoms with Crippen LogP contribution in [0.4, 0.5) is 0 Å². The van der Waals surface area contributed by atoms with Gasteiger partial charge in [0, 0.05) is 24.0 Å². The molecule has 1 aliphatic rings. The van der Waals surface area contributed by atoms with Crippen molar-refractivity contribution < 1.29 is 52.3 Å². The molecule has 3 heterocycles. The van der Waals surface area contributed by atoms with E-state index in [1.54, 1.807) is 18.2 Å². The molecule has 0 bridgehead atoms. The second-order valence-corrected chi connectivity index (χ2v) is 11.4. The number of aliphatic hydroxyl groups excluding tert-OH is 2. The molecule has 216 valence electrons. The highest BCUT2D eigenvalue weighted by molar-refractivity contribution is 7.60. The van der Waals surface area contributed by atoms with Crippen molar-refractivity contribution in [1.29, 1.82) is 0 Å². The monoisotopic (exact) mass is 601 g/mol. The minimum Gasteiger partial charge on any atom is -0.496 e. The minimum absolute atomic E-state index is 0.257. The van der Waals surface area contributed by atoms with Crippen LogP contribution in [0.25, 0.3) is 11.1 Å². The lowest BCUT2D eigenvalue weighted by molar-refractivity contribution is -0.0547. The average Bonchev–Trinajstić information content (AvgIpc) is 3.17. The van der Waals surface area contributed by atoms with E-state index in [2.05, 4.69) is 13.8 Å². The Morgan fingerprint density at radius 2 is 1.77 bits per heavy atom. The van der Waals surface area contributed by atoms with Crippen molar-refractivity contribution in [3.05, 3.63) is 81.4 Å². The second kappa shape index (κ2) is 11.8. The summed E-state index contributed by atoms with van der Waals surface area (Å²) < 4.78 is 43.1. The Morgan fingerprint density at radius 1 is 1.05 bits per heavy atom. The number of aromatic nitrogens is 3. The van der Waals surface area contributed by atoms with E-state index in [1.165, 1.54) is 13.3 Å². The maximum absolute atomic E-state index is 13.3. The van der Waals surface area contributed by atoms with E-state index < -0.39 is 58.0 Å². The van der Waals surface area contributed by atoms with Crippen LogP contribution in [0.3, 0.4) is 0 Å². The molecule has 18 heteroatoms. The van der Waals surface area contributed by atoms with E-state index in [-0.39, 0.29) is 6.54 Å². The summed E-state index contributed by atoms with van der Waals surface area (Å²) in [5.41, 5.74) is 0.219. The average molecular weight is 601 g/mol. The first-order valence-electron chi connectivity index (χ1n) is 11.5. The molecule has 3 aromatic rings. The van der Waals surface area contributed by atoms with E-state index in [1.807, 2.05) is 18.2 Å². The van der Waals surface area contributed by atoms with Crippen LogP contribution in [-0.4, -0.2) is 71.0 Å². The molecule has 1 saturated heterocycles. The number of nitrogens with zero attached hydrogens (tertiary/aromatic N) is 3. The number of ether oxygens (including phenoxy) is 2. The van der Waals surface area contributed by atoms with Crippen LogP contribution >= 0.6 is 15.6 Å².